The highest BCUT2D eigenvalue weighted by atomic mass is 79.9. The molecule has 0 amide bonds. The second-order valence-corrected chi connectivity index (χ2v) is 5.24. The van der Waals surface area contributed by atoms with E-state index in [2.05, 4.69) is 15.9 Å². The van der Waals surface area contributed by atoms with Crippen LogP contribution >= 0.6 is 15.9 Å². The fourth-order valence-electron chi connectivity index (χ4n) is 2.13. The number of methoxy groups -OCH3 is 2. The molecule has 0 radical (unpaired) electrons. The van der Waals surface area contributed by atoms with Crippen LogP contribution in [0.25, 0.3) is 0 Å². The van der Waals surface area contributed by atoms with Crippen LogP contribution in [0.4, 0.5) is 0 Å². The van der Waals surface area contributed by atoms with Crippen molar-refractivity contribution >= 4 is 21.9 Å². The quantitative estimate of drug-likeness (QED) is 0.907. The molecule has 98 valence electrons. The number of aliphatic carboxylic acids is 1. The van der Waals surface area contributed by atoms with Crippen LogP contribution in [0, 0.1) is 5.92 Å². The van der Waals surface area contributed by atoms with Gasteiger partial charge < -0.3 is 14.6 Å². The molecule has 1 aliphatic rings. The molecule has 2 rings (SSSR count). The summed E-state index contributed by atoms with van der Waals surface area (Å²) < 4.78 is 11.2. The molecule has 1 unspecified atom stereocenters. The summed E-state index contributed by atoms with van der Waals surface area (Å²) in [6.45, 7) is 0. The minimum absolute atomic E-state index is 0.233. The van der Waals surface area contributed by atoms with Gasteiger partial charge in [-0.15, -0.1) is 0 Å². The van der Waals surface area contributed by atoms with Crippen LogP contribution < -0.4 is 9.47 Å². The number of benzene rings is 1. The molecule has 18 heavy (non-hydrogen) atoms. The van der Waals surface area contributed by atoms with Gasteiger partial charge in [-0.05, 0) is 36.5 Å². The van der Waals surface area contributed by atoms with E-state index in [4.69, 9.17) is 9.47 Å². The summed E-state index contributed by atoms with van der Waals surface area (Å²) in [5.74, 6) is 0.122. The van der Waals surface area contributed by atoms with Gasteiger partial charge in [0.1, 0.15) is 0 Å². The third-order valence-corrected chi connectivity index (χ3v) is 3.88. The third kappa shape index (κ3) is 2.46. The van der Waals surface area contributed by atoms with Crippen molar-refractivity contribution < 1.29 is 19.4 Å². The standard InChI is InChI=1S/C13H15BrO4/c1-17-10-5-8(9(14)6-11(10)18-2)12(13(15)16)7-3-4-7/h5-7,12H,3-4H2,1-2H3,(H,15,16). The Morgan fingerprint density at radius 2 is 1.89 bits per heavy atom. The lowest BCUT2D eigenvalue weighted by Crippen LogP contribution is -2.14. The zero-order valence-electron chi connectivity index (χ0n) is 10.3. The SMILES string of the molecule is COc1cc(Br)c(C(C(=O)O)C2CC2)cc1OC. The molecule has 1 N–H and O–H groups in total. The van der Waals surface area contributed by atoms with Crippen molar-refractivity contribution in [1.29, 1.82) is 0 Å². The topological polar surface area (TPSA) is 55.8 Å². The van der Waals surface area contributed by atoms with Crippen LogP contribution in [-0.4, -0.2) is 25.3 Å². The highest BCUT2D eigenvalue weighted by molar-refractivity contribution is 9.10. The third-order valence-electron chi connectivity index (χ3n) is 3.20. The molecule has 0 spiro atoms. The Labute approximate surface area is 114 Å². The van der Waals surface area contributed by atoms with Crippen LogP contribution in [-0.2, 0) is 4.79 Å². The van der Waals surface area contributed by atoms with Crippen molar-refractivity contribution in [3.8, 4) is 11.5 Å². The Bertz CT molecular complexity index is 468. The zero-order valence-corrected chi connectivity index (χ0v) is 11.9. The molecule has 1 aromatic rings. The first-order chi connectivity index (χ1) is 8.58. The average molecular weight is 315 g/mol. The van der Waals surface area contributed by atoms with Gasteiger partial charge in [0.25, 0.3) is 0 Å². The molecule has 0 heterocycles. The van der Waals surface area contributed by atoms with E-state index in [9.17, 15) is 9.90 Å². The monoisotopic (exact) mass is 314 g/mol. The number of ether oxygens (including phenoxy) is 2. The number of carboxylic acid groups (broad SMARTS) is 1. The zero-order chi connectivity index (χ0) is 13.3. The second kappa shape index (κ2) is 5.18. The molecular weight excluding hydrogens is 300 g/mol. The fraction of sp³-hybridized carbons (Fsp3) is 0.462. The number of rotatable bonds is 5. The summed E-state index contributed by atoms with van der Waals surface area (Å²) >= 11 is 3.42. The second-order valence-electron chi connectivity index (χ2n) is 4.38. The summed E-state index contributed by atoms with van der Waals surface area (Å²) in [7, 11) is 3.10. The van der Waals surface area contributed by atoms with Crippen molar-refractivity contribution in [2.75, 3.05) is 14.2 Å². The number of halogens is 1. The Morgan fingerprint density at radius 1 is 1.33 bits per heavy atom. The lowest BCUT2D eigenvalue weighted by molar-refractivity contribution is -0.139. The molecular formula is C13H15BrO4. The van der Waals surface area contributed by atoms with Gasteiger partial charge in [-0.2, -0.15) is 0 Å². The highest BCUT2D eigenvalue weighted by Gasteiger charge is 2.38. The van der Waals surface area contributed by atoms with Gasteiger partial charge in [0, 0.05) is 4.47 Å². The maximum absolute atomic E-state index is 11.4. The fourth-order valence-corrected chi connectivity index (χ4v) is 2.70. The van der Waals surface area contributed by atoms with Crippen LogP contribution in [0.2, 0.25) is 0 Å². The van der Waals surface area contributed by atoms with E-state index in [-0.39, 0.29) is 5.92 Å². The minimum Gasteiger partial charge on any atom is -0.493 e. The van der Waals surface area contributed by atoms with Gasteiger partial charge in [0.2, 0.25) is 0 Å². The molecule has 5 heteroatoms. The van der Waals surface area contributed by atoms with Crippen molar-refractivity contribution in [3.05, 3.63) is 22.2 Å². The molecule has 1 saturated carbocycles. The summed E-state index contributed by atoms with van der Waals surface area (Å²) in [5, 5.41) is 9.36. The van der Waals surface area contributed by atoms with Gasteiger partial charge >= 0.3 is 5.97 Å². The van der Waals surface area contributed by atoms with E-state index in [1.807, 2.05) is 0 Å². The van der Waals surface area contributed by atoms with Gasteiger partial charge in [-0.1, -0.05) is 15.9 Å². The first kappa shape index (κ1) is 13.2. The van der Waals surface area contributed by atoms with Crippen LogP contribution in [0.3, 0.4) is 0 Å². The molecule has 0 aromatic heterocycles. The molecule has 0 aliphatic heterocycles. The first-order valence-electron chi connectivity index (χ1n) is 5.72. The van der Waals surface area contributed by atoms with E-state index in [0.717, 1.165) is 22.9 Å². The largest absolute Gasteiger partial charge is 0.493 e. The number of carboxylic acids is 1. The van der Waals surface area contributed by atoms with Crippen molar-refractivity contribution in [3.63, 3.8) is 0 Å². The number of carbonyl (C=O) groups is 1. The molecule has 1 aliphatic carbocycles. The Morgan fingerprint density at radius 3 is 2.33 bits per heavy atom. The molecule has 1 aromatic carbocycles. The minimum atomic E-state index is -0.787. The van der Waals surface area contributed by atoms with Gasteiger partial charge in [0.05, 0.1) is 20.1 Å². The Kier molecular flexibility index (Phi) is 3.80. The molecule has 1 fully saturated rings. The summed E-state index contributed by atoms with van der Waals surface area (Å²) in [4.78, 5) is 11.4. The summed E-state index contributed by atoms with van der Waals surface area (Å²) in [6.07, 6.45) is 1.94. The van der Waals surface area contributed by atoms with Crippen LogP contribution in [0.15, 0.2) is 16.6 Å². The first-order valence-corrected chi connectivity index (χ1v) is 6.52. The lowest BCUT2D eigenvalue weighted by Gasteiger charge is -2.16. The van der Waals surface area contributed by atoms with E-state index >= 15 is 0 Å². The molecule has 0 saturated heterocycles. The smallest absolute Gasteiger partial charge is 0.311 e. The van der Waals surface area contributed by atoms with Crippen LogP contribution in [0.1, 0.15) is 24.3 Å². The van der Waals surface area contributed by atoms with E-state index in [0.29, 0.717) is 11.5 Å². The van der Waals surface area contributed by atoms with Crippen molar-refractivity contribution in [1.82, 2.24) is 0 Å². The maximum atomic E-state index is 11.4. The molecule has 0 bridgehead atoms. The van der Waals surface area contributed by atoms with Gasteiger partial charge in [0.15, 0.2) is 11.5 Å². The molecule has 1 atom stereocenters. The number of hydrogen-bond donors (Lipinski definition) is 1. The Hall–Kier alpha value is -1.23. The predicted octanol–water partition coefficient (Wildman–Crippen LogP) is 3.04. The summed E-state index contributed by atoms with van der Waals surface area (Å²) in [5.41, 5.74) is 0.752. The molecule has 4 nitrogen and oxygen atoms in total. The van der Waals surface area contributed by atoms with E-state index in [1.165, 1.54) is 0 Å². The maximum Gasteiger partial charge on any atom is 0.311 e. The highest BCUT2D eigenvalue weighted by Crippen LogP contribution is 2.47. The van der Waals surface area contributed by atoms with Crippen LogP contribution in [0.5, 0.6) is 11.5 Å². The van der Waals surface area contributed by atoms with Gasteiger partial charge in [-0.25, -0.2) is 0 Å². The van der Waals surface area contributed by atoms with E-state index in [1.54, 1.807) is 26.4 Å². The normalized spacial score (nSPS) is 16.2. The lowest BCUT2D eigenvalue weighted by atomic mass is 9.94. The van der Waals surface area contributed by atoms with E-state index < -0.39 is 11.9 Å². The summed E-state index contributed by atoms with van der Waals surface area (Å²) in [6, 6.07) is 3.51. The number of hydrogen-bond acceptors (Lipinski definition) is 3. The average Bonchev–Trinajstić information content (AvgIpc) is 3.15. The van der Waals surface area contributed by atoms with Crippen molar-refractivity contribution in [2.45, 2.75) is 18.8 Å². The predicted molar refractivity (Wildman–Crippen MR) is 70.3 cm³/mol. The Balaban J connectivity index is 2.45. The van der Waals surface area contributed by atoms with Crippen molar-refractivity contribution in [2.24, 2.45) is 5.92 Å². The van der Waals surface area contributed by atoms with Gasteiger partial charge in [-0.3, -0.25) is 4.79 Å².